The van der Waals surface area contributed by atoms with Crippen LogP contribution in [0.5, 0.6) is 0 Å². The Morgan fingerprint density at radius 1 is 1.25 bits per heavy atom. The van der Waals surface area contributed by atoms with E-state index in [4.69, 9.17) is 28.9 Å². The average Bonchev–Trinajstić information content (AvgIpc) is 2.68. The standard InChI is InChI=1S/C8H8Cl2N2/c9-5-3-12-4-6(10)7(5)8(11)1-2-8/h3-4H,1-2,11H2. The maximum atomic E-state index is 5.97. The molecule has 64 valence electrons. The second kappa shape index (κ2) is 2.59. The van der Waals surface area contributed by atoms with Crippen LogP contribution in [0.1, 0.15) is 18.4 Å². The van der Waals surface area contributed by atoms with Crippen molar-refractivity contribution in [2.45, 2.75) is 18.4 Å². The highest BCUT2D eigenvalue weighted by molar-refractivity contribution is 6.36. The lowest BCUT2D eigenvalue weighted by molar-refractivity contribution is 0.739. The van der Waals surface area contributed by atoms with E-state index in [2.05, 4.69) is 4.98 Å². The molecule has 0 amide bonds. The maximum absolute atomic E-state index is 5.97. The maximum Gasteiger partial charge on any atom is 0.0654 e. The molecule has 4 heteroatoms. The SMILES string of the molecule is NC1(c2c(Cl)cncc2Cl)CC1. The molecule has 0 aliphatic heterocycles. The predicted octanol–water partition coefficient (Wildman–Crippen LogP) is 2.34. The summed E-state index contributed by atoms with van der Waals surface area (Å²) in [6, 6.07) is 0. The Morgan fingerprint density at radius 2 is 1.75 bits per heavy atom. The van der Waals surface area contributed by atoms with Crippen LogP contribution >= 0.6 is 23.2 Å². The van der Waals surface area contributed by atoms with Crippen LogP contribution in [-0.2, 0) is 5.54 Å². The van der Waals surface area contributed by atoms with E-state index in [1.165, 1.54) is 0 Å². The Kier molecular flexibility index (Phi) is 1.79. The molecule has 1 saturated carbocycles. The quantitative estimate of drug-likeness (QED) is 0.760. The molecule has 1 heterocycles. The van der Waals surface area contributed by atoms with Crippen molar-refractivity contribution in [2.75, 3.05) is 0 Å². The molecule has 2 nitrogen and oxygen atoms in total. The second-order valence-corrected chi connectivity index (χ2v) is 3.95. The molecule has 2 N–H and O–H groups in total. The zero-order chi connectivity index (χ0) is 8.77. The summed E-state index contributed by atoms with van der Waals surface area (Å²) < 4.78 is 0. The number of hydrogen-bond donors (Lipinski definition) is 1. The Balaban J connectivity index is 2.55. The summed E-state index contributed by atoms with van der Waals surface area (Å²) in [4.78, 5) is 3.87. The summed E-state index contributed by atoms with van der Waals surface area (Å²) in [6.45, 7) is 0. The van der Waals surface area contributed by atoms with Crippen LogP contribution < -0.4 is 5.73 Å². The molecule has 1 fully saturated rings. The minimum Gasteiger partial charge on any atom is -0.321 e. The van der Waals surface area contributed by atoms with Gasteiger partial charge in [0.25, 0.3) is 0 Å². The molecule has 0 spiro atoms. The Labute approximate surface area is 80.7 Å². The molecule has 0 bridgehead atoms. The van der Waals surface area contributed by atoms with Gasteiger partial charge in [0.1, 0.15) is 0 Å². The van der Waals surface area contributed by atoms with Crippen LogP contribution in [0, 0.1) is 0 Å². The molecule has 1 aliphatic carbocycles. The van der Waals surface area contributed by atoms with E-state index in [1.54, 1.807) is 12.4 Å². The fourth-order valence-electron chi connectivity index (χ4n) is 1.27. The van der Waals surface area contributed by atoms with Gasteiger partial charge in [0, 0.05) is 23.5 Å². The van der Waals surface area contributed by atoms with Crippen molar-refractivity contribution in [1.82, 2.24) is 4.98 Å². The second-order valence-electron chi connectivity index (χ2n) is 3.13. The molecular weight excluding hydrogens is 195 g/mol. The summed E-state index contributed by atoms with van der Waals surface area (Å²) in [6.07, 6.45) is 5.07. The van der Waals surface area contributed by atoms with E-state index in [1.807, 2.05) is 0 Å². The number of aromatic nitrogens is 1. The smallest absolute Gasteiger partial charge is 0.0654 e. The summed E-state index contributed by atoms with van der Waals surface area (Å²) in [5.41, 5.74) is 6.54. The minimum absolute atomic E-state index is 0.281. The Morgan fingerprint density at radius 3 is 2.17 bits per heavy atom. The predicted molar refractivity (Wildman–Crippen MR) is 49.4 cm³/mol. The number of hydrogen-bond acceptors (Lipinski definition) is 2. The number of rotatable bonds is 1. The van der Waals surface area contributed by atoms with Crippen LogP contribution in [0.25, 0.3) is 0 Å². The van der Waals surface area contributed by atoms with Crippen LogP contribution in [0.2, 0.25) is 10.0 Å². The summed E-state index contributed by atoms with van der Waals surface area (Å²) in [7, 11) is 0. The lowest BCUT2D eigenvalue weighted by Gasteiger charge is -2.12. The summed E-state index contributed by atoms with van der Waals surface area (Å²) >= 11 is 11.9. The first-order valence-electron chi connectivity index (χ1n) is 3.72. The van der Waals surface area contributed by atoms with E-state index in [9.17, 15) is 0 Å². The van der Waals surface area contributed by atoms with Gasteiger partial charge < -0.3 is 5.73 Å². The van der Waals surface area contributed by atoms with E-state index >= 15 is 0 Å². The van der Waals surface area contributed by atoms with E-state index in [0.717, 1.165) is 18.4 Å². The molecule has 1 aromatic heterocycles. The van der Waals surface area contributed by atoms with Gasteiger partial charge >= 0.3 is 0 Å². The zero-order valence-electron chi connectivity index (χ0n) is 6.35. The van der Waals surface area contributed by atoms with Crippen molar-refractivity contribution < 1.29 is 0 Å². The van der Waals surface area contributed by atoms with Crippen LogP contribution in [0.3, 0.4) is 0 Å². The number of nitrogens with two attached hydrogens (primary N) is 1. The largest absolute Gasteiger partial charge is 0.321 e. The summed E-state index contributed by atoms with van der Waals surface area (Å²) in [5, 5.41) is 1.14. The number of halogens is 2. The van der Waals surface area contributed by atoms with E-state index in [0.29, 0.717) is 10.0 Å². The van der Waals surface area contributed by atoms with Gasteiger partial charge in [-0.25, -0.2) is 0 Å². The molecule has 1 aliphatic rings. The van der Waals surface area contributed by atoms with Crippen LogP contribution in [0.4, 0.5) is 0 Å². The van der Waals surface area contributed by atoms with Gasteiger partial charge in [0.15, 0.2) is 0 Å². The molecule has 0 saturated heterocycles. The Bertz CT molecular complexity index is 301. The first-order chi connectivity index (χ1) is 5.63. The Hall–Kier alpha value is -0.310. The first kappa shape index (κ1) is 8.30. The van der Waals surface area contributed by atoms with Crippen molar-refractivity contribution in [3.05, 3.63) is 28.0 Å². The zero-order valence-corrected chi connectivity index (χ0v) is 7.86. The van der Waals surface area contributed by atoms with Gasteiger partial charge in [-0.1, -0.05) is 23.2 Å². The molecule has 1 aromatic rings. The molecule has 0 aromatic carbocycles. The monoisotopic (exact) mass is 202 g/mol. The van der Waals surface area contributed by atoms with Crippen molar-refractivity contribution in [1.29, 1.82) is 0 Å². The highest BCUT2D eigenvalue weighted by atomic mass is 35.5. The van der Waals surface area contributed by atoms with Gasteiger partial charge in [-0.15, -0.1) is 0 Å². The molecule has 0 atom stereocenters. The summed E-state index contributed by atoms with van der Waals surface area (Å²) in [5.74, 6) is 0. The van der Waals surface area contributed by atoms with Crippen molar-refractivity contribution in [2.24, 2.45) is 5.73 Å². The number of nitrogens with zero attached hydrogens (tertiary/aromatic N) is 1. The minimum atomic E-state index is -0.281. The molecule has 0 radical (unpaired) electrons. The third-order valence-electron chi connectivity index (χ3n) is 2.14. The van der Waals surface area contributed by atoms with Crippen molar-refractivity contribution >= 4 is 23.2 Å². The van der Waals surface area contributed by atoms with Crippen LogP contribution in [-0.4, -0.2) is 4.98 Å². The highest BCUT2D eigenvalue weighted by Gasteiger charge is 2.43. The van der Waals surface area contributed by atoms with Gasteiger partial charge in [-0.2, -0.15) is 0 Å². The molecular formula is C8H8Cl2N2. The fourth-order valence-corrected chi connectivity index (χ4v) is 2.01. The third kappa shape index (κ3) is 1.20. The highest BCUT2D eigenvalue weighted by Crippen LogP contribution is 2.47. The lowest BCUT2D eigenvalue weighted by atomic mass is 10.1. The topological polar surface area (TPSA) is 38.9 Å². The third-order valence-corrected chi connectivity index (χ3v) is 2.71. The van der Waals surface area contributed by atoms with Gasteiger partial charge in [0.2, 0.25) is 0 Å². The molecule has 0 unspecified atom stereocenters. The fraction of sp³-hybridized carbons (Fsp3) is 0.375. The number of pyridine rings is 1. The van der Waals surface area contributed by atoms with Crippen molar-refractivity contribution in [3.63, 3.8) is 0 Å². The van der Waals surface area contributed by atoms with E-state index < -0.39 is 0 Å². The van der Waals surface area contributed by atoms with Crippen molar-refractivity contribution in [3.8, 4) is 0 Å². The lowest BCUT2D eigenvalue weighted by Crippen LogP contribution is -2.19. The van der Waals surface area contributed by atoms with E-state index in [-0.39, 0.29) is 5.54 Å². The van der Waals surface area contributed by atoms with Gasteiger partial charge in [-0.3, -0.25) is 4.98 Å². The van der Waals surface area contributed by atoms with Crippen LogP contribution in [0.15, 0.2) is 12.4 Å². The molecule has 2 rings (SSSR count). The van der Waals surface area contributed by atoms with Gasteiger partial charge in [-0.05, 0) is 12.8 Å². The molecule has 12 heavy (non-hydrogen) atoms. The average molecular weight is 203 g/mol. The normalized spacial score (nSPS) is 19.2. The first-order valence-corrected chi connectivity index (χ1v) is 4.47. The van der Waals surface area contributed by atoms with Gasteiger partial charge in [0.05, 0.1) is 10.0 Å².